The maximum Gasteiger partial charge on any atom is 0.475 e. The summed E-state index contributed by atoms with van der Waals surface area (Å²) in [6, 6.07) is 0.708. The number of aromatic nitrogens is 2. The molecule has 146 valence electrons. The first-order chi connectivity index (χ1) is 12.0. The Morgan fingerprint density at radius 2 is 1.92 bits per heavy atom. The van der Waals surface area contributed by atoms with Crippen molar-refractivity contribution >= 4 is 19.1 Å². The summed E-state index contributed by atoms with van der Waals surface area (Å²) >= 11 is 0. The third-order valence-corrected chi connectivity index (χ3v) is 3.35. The van der Waals surface area contributed by atoms with Gasteiger partial charge in [-0.1, -0.05) is 13.8 Å². The molecule has 0 aliphatic rings. The first-order valence-corrected chi connectivity index (χ1v) is 8.61. The topological polar surface area (TPSA) is 126 Å². The average molecular weight is 368 g/mol. The number of amides is 2. The number of hydrogen-bond acceptors (Lipinski definition) is 6. The molecule has 0 saturated heterocycles. The van der Waals surface area contributed by atoms with Crippen LogP contribution in [0.3, 0.4) is 0 Å². The second-order valence-electron chi connectivity index (χ2n) is 7.59. The van der Waals surface area contributed by atoms with Crippen LogP contribution in [-0.4, -0.2) is 56.5 Å². The summed E-state index contributed by atoms with van der Waals surface area (Å²) in [5.74, 6) is -1.25. The van der Waals surface area contributed by atoms with Crippen LogP contribution in [-0.2, 0) is 16.1 Å². The number of carbonyl (C=O) groups is 2. The van der Waals surface area contributed by atoms with Gasteiger partial charge in [0, 0.05) is 12.4 Å². The molecular formula is C16H29BN4O5. The van der Waals surface area contributed by atoms with Crippen LogP contribution in [0.5, 0.6) is 0 Å². The molecule has 0 bridgehead atoms. The van der Waals surface area contributed by atoms with E-state index in [9.17, 15) is 19.6 Å². The summed E-state index contributed by atoms with van der Waals surface area (Å²) in [4.78, 5) is 24.7. The van der Waals surface area contributed by atoms with Crippen molar-refractivity contribution in [2.24, 2.45) is 5.92 Å². The minimum Gasteiger partial charge on any atom is -0.444 e. The zero-order valence-electron chi connectivity index (χ0n) is 16.0. The predicted molar refractivity (Wildman–Crippen MR) is 97.0 cm³/mol. The molecule has 0 fully saturated rings. The summed E-state index contributed by atoms with van der Waals surface area (Å²) in [6.45, 7) is 9.04. The van der Waals surface area contributed by atoms with E-state index in [2.05, 4.69) is 15.7 Å². The minimum absolute atomic E-state index is 0.0774. The van der Waals surface area contributed by atoms with E-state index < -0.39 is 36.7 Å². The monoisotopic (exact) mass is 368 g/mol. The zero-order valence-corrected chi connectivity index (χ0v) is 16.0. The highest BCUT2D eigenvalue weighted by Crippen LogP contribution is 2.09. The van der Waals surface area contributed by atoms with Gasteiger partial charge in [-0.05, 0) is 39.2 Å². The number of alkyl carbamates (subject to hydrolysis) is 1. The van der Waals surface area contributed by atoms with Gasteiger partial charge in [0.25, 0.3) is 0 Å². The molecule has 2 amide bonds. The molecule has 0 aromatic carbocycles. The van der Waals surface area contributed by atoms with Crippen LogP contribution in [0.25, 0.3) is 0 Å². The predicted octanol–water partition coefficient (Wildman–Crippen LogP) is 0.319. The molecule has 0 aliphatic carbocycles. The second-order valence-corrected chi connectivity index (χ2v) is 7.59. The lowest BCUT2D eigenvalue weighted by atomic mass is 9.75. The molecule has 0 radical (unpaired) electrons. The zero-order chi connectivity index (χ0) is 19.9. The van der Waals surface area contributed by atoms with E-state index in [1.807, 2.05) is 13.8 Å². The quantitative estimate of drug-likeness (QED) is 0.490. The number of rotatable bonds is 8. The number of nitrogens with zero attached hydrogens (tertiary/aromatic N) is 2. The summed E-state index contributed by atoms with van der Waals surface area (Å²) in [5, 5.41) is 28.1. The average Bonchev–Trinajstić information content (AvgIpc) is 2.96. The molecular weight excluding hydrogens is 339 g/mol. The standard InChI is InChI=1S/C16H29BN4O5/c1-11(2)9-13(17(24)25)20-14(22)12(10-21-8-6-7-18-21)19-15(23)26-16(3,4)5/h6-8,11-13,24-25H,9-10H2,1-5H3,(H,19,23)(H,20,22)/t12-,13-/m0/s1. The van der Waals surface area contributed by atoms with Crippen LogP contribution in [0.1, 0.15) is 41.0 Å². The second kappa shape index (κ2) is 9.58. The van der Waals surface area contributed by atoms with E-state index in [0.29, 0.717) is 6.42 Å². The van der Waals surface area contributed by atoms with Gasteiger partial charge in [0.05, 0.1) is 12.5 Å². The van der Waals surface area contributed by atoms with Crippen LogP contribution < -0.4 is 10.6 Å². The Morgan fingerprint density at radius 3 is 2.38 bits per heavy atom. The Morgan fingerprint density at radius 1 is 1.27 bits per heavy atom. The third kappa shape index (κ3) is 8.35. The van der Waals surface area contributed by atoms with Crippen molar-refractivity contribution in [3.05, 3.63) is 18.5 Å². The Kier molecular flexibility index (Phi) is 8.10. The molecule has 0 unspecified atom stereocenters. The molecule has 2 atom stereocenters. The van der Waals surface area contributed by atoms with Gasteiger partial charge in [0.2, 0.25) is 5.91 Å². The molecule has 0 spiro atoms. The fourth-order valence-corrected chi connectivity index (χ4v) is 2.29. The van der Waals surface area contributed by atoms with Gasteiger partial charge in [-0.25, -0.2) is 4.79 Å². The van der Waals surface area contributed by atoms with Gasteiger partial charge in [-0.2, -0.15) is 5.10 Å². The molecule has 26 heavy (non-hydrogen) atoms. The highest BCUT2D eigenvalue weighted by molar-refractivity contribution is 6.43. The van der Waals surface area contributed by atoms with Crippen LogP contribution in [0.4, 0.5) is 4.79 Å². The Bertz CT molecular complexity index is 572. The van der Waals surface area contributed by atoms with Gasteiger partial charge in [0.1, 0.15) is 11.6 Å². The van der Waals surface area contributed by atoms with Gasteiger partial charge in [-0.3, -0.25) is 9.48 Å². The highest BCUT2D eigenvalue weighted by Gasteiger charge is 2.31. The van der Waals surface area contributed by atoms with E-state index in [4.69, 9.17) is 4.74 Å². The summed E-state index contributed by atoms with van der Waals surface area (Å²) < 4.78 is 6.69. The maximum absolute atomic E-state index is 12.6. The van der Waals surface area contributed by atoms with E-state index in [-0.39, 0.29) is 12.5 Å². The number of carbonyl (C=O) groups excluding carboxylic acids is 2. The van der Waals surface area contributed by atoms with Crippen LogP contribution in [0.15, 0.2) is 18.5 Å². The van der Waals surface area contributed by atoms with Crippen LogP contribution in [0.2, 0.25) is 0 Å². The molecule has 0 aliphatic heterocycles. The van der Waals surface area contributed by atoms with Crippen LogP contribution >= 0.6 is 0 Å². The van der Waals surface area contributed by atoms with E-state index in [0.717, 1.165) is 0 Å². The van der Waals surface area contributed by atoms with Gasteiger partial charge >= 0.3 is 13.2 Å². The maximum atomic E-state index is 12.6. The first kappa shape index (κ1) is 22.0. The van der Waals surface area contributed by atoms with Gasteiger partial charge in [0.15, 0.2) is 0 Å². The van der Waals surface area contributed by atoms with E-state index >= 15 is 0 Å². The van der Waals surface area contributed by atoms with Crippen molar-refractivity contribution < 1.29 is 24.4 Å². The normalized spacial score (nSPS) is 13.8. The number of hydrogen-bond donors (Lipinski definition) is 4. The Hall–Kier alpha value is -2.07. The molecule has 4 N–H and O–H groups in total. The molecule has 9 nitrogen and oxygen atoms in total. The minimum atomic E-state index is -1.70. The largest absolute Gasteiger partial charge is 0.475 e. The lowest BCUT2D eigenvalue weighted by molar-refractivity contribution is -0.124. The van der Waals surface area contributed by atoms with E-state index in [1.54, 1.807) is 39.2 Å². The Balaban J connectivity index is 2.84. The van der Waals surface area contributed by atoms with Crippen molar-refractivity contribution in [2.45, 2.75) is 65.2 Å². The molecule has 10 heteroatoms. The lowest BCUT2D eigenvalue weighted by Crippen LogP contribution is -2.56. The van der Waals surface area contributed by atoms with Crippen molar-refractivity contribution in [1.29, 1.82) is 0 Å². The molecule has 1 heterocycles. The van der Waals surface area contributed by atoms with Crippen molar-refractivity contribution in [3.8, 4) is 0 Å². The molecule has 0 saturated carbocycles. The number of ether oxygens (including phenoxy) is 1. The highest BCUT2D eigenvalue weighted by atomic mass is 16.6. The fourth-order valence-electron chi connectivity index (χ4n) is 2.29. The van der Waals surface area contributed by atoms with Gasteiger partial charge < -0.3 is 25.4 Å². The molecule has 1 aromatic heterocycles. The first-order valence-electron chi connectivity index (χ1n) is 8.61. The third-order valence-electron chi connectivity index (χ3n) is 3.35. The lowest BCUT2D eigenvalue weighted by Gasteiger charge is -2.26. The SMILES string of the molecule is CC(C)C[C@H](NC(=O)[C@H](Cn1cccn1)NC(=O)OC(C)(C)C)B(O)O. The molecule has 1 rings (SSSR count). The van der Waals surface area contributed by atoms with Crippen LogP contribution in [0, 0.1) is 5.92 Å². The summed E-state index contributed by atoms with van der Waals surface area (Å²) in [5.41, 5.74) is -0.710. The van der Waals surface area contributed by atoms with Crippen molar-refractivity contribution in [1.82, 2.24) is 20.4 Å². The smallest absolute Gasteiger partial charge is 0.444 e. The fraction of sp³-hybridized carbons (Fsp3) is 0.688. The van der Waals surface area contributed by atoms with Crippen molar-refractivity contribution in [3.63, 3.8) is 0 Å². The number of nitrogens with one attached hydrogen (secondary N) is 2. The summed E-state index contributed by atoms with van der Waals surface area (Å²) in [6.07, 6.45) is 2.85. The summed E-state index contributed by atoms with van der Waals surface area (Å²) in [7, 11) is -1.70. The molecule has 1 aromatic rings. The van der Waals surface area contributed by atoms with E-state index in [1.165, 1.54) is 4.68 Å². The Labute approximate surface area is 154 Å². The van der Waals surface area contributed by atoms with Gasteiger partial charge in [-0.15, -0.1) is 0 Å². The van der Waals surface area contributed by atoms with Crippen molar-refractivity contribution in [2.75, 3.05) is 0 Å².